The van der Waals surface area contributed by atoms with Gasteiger partial charge in [0.2, 0.25) is 0 Å². The summed E-state index contributed by atoms with van der Waals surface area (Å²) < 4.78 is 0. The first kappa shape index (κ1) is 8.75. The Hall–Kier alpha value is -1.83. The minimum absolute atomic E-state index is 0.0506. The van der Waals surface area contributed by atoms with E-state index in [0.717, 1.165) is 12.1 Å². The maximum atomic E-state index is 11.1. The number of hydrogen-bond acceptors (Lipinski definition) is 1. The maximum Gasteiger partial charge on any atom is 0.181 e. The highest BCUT2D eigenvalue weighted by Crippen LogP contribution is 2.04. The fourth-order valence-electron chi connectivity index (χ4n) is 1.41. The van der Waals surface area contributed by atoms with Crippen molar-refractivity contribution in [1.29, 1.82) is 0 Å². The van der Waals surface area contributed by atoms with Crippen molar-refractivity contribution in [3.05, 3.63) is 70.1 Å². The molecule has 0 bridgehead atoms. The molecule has 1 aromatic heterocycles. The number of H-pyrrole nitrogens is 1. The van der Waals surface area contributed by atoms with Crippen molar-refractivity contribution >= 4 is 0 Å². The fourth-order valence-corrected chi connectivity index (χ4v) is 1.41. The standard InChI is InChI=1S/C12H11NO/c14-12-6-7-13-11(9-12)8-10-4-2-1-3-5-10/h1-7,9H,8H2,(H,13,14). The van der Waals surface area contributed by atoms with Gasteiger partial charge in [-0.25, -0.2) is 0 Å². The molecule has 0 aliphatic heterocycles. The zero-order chi connectivity index (χ0) is 9.80. The number of nitrogens with one attached hydrogen (secondary N) is 1. The van der Waals surface area contributed by atoms with Crippen LogP contribution in [0.15, 0.2) is 53.5 Å². The number of aromatic nitrogens is 1. The van der Waals surface area contributed by atoms with Crippen LogP contribution in [-0.4, -0.2) is 4.98 Å². The summed E-state index contributed by atoms with van der Waals surface area (Å²) in [6.07, 6.45) is 2.46. The van der Waals surface area contributed by atoms with E-state index < -0.39 is 0 Å². The molecule has 0 aliphatic carbocycles. The van der Waals surface area contributed by atoms with Crippen LogP contribution in [0, 0.1) is 0 Å². The molecule has 0 radical (unpaired) electrons. The summed E-state index contributed by atoms with van der Waals surface area (Å²) in [7, 11) is 0. The van der Waals surface area contributed by atoms with Crippen molar-refractivity contribution in [3.63, 3.8) is 0 Å². The van der Waals surface area contributed by atoms with Gasteiger partial charge in [0.05, 0.1) is 0 Å². The fraction of sp³-hybridized carbons (Fsp3) is 0.0833. The van der Waals surface area contributed by atoms with Crippen LogP contribution in [0.5, 0.6) is 0 Å². The van der Waals surface area contributed by atoms with Crippen LogP contribution in [0.1, 0.15) is 11.3 Å². The monoisotopic (exact) mass is 185 g/mol. The smallest absolute Gasteiger partial charge is 0.181 e. The van der Waals surface area contributed by atoms with E-state index in [1.165, 1.54) is 11.6 Å². The Morgan fingerprint density at radius 2 is 1.86 bits per heavy atom. The molecule has 2 rings (SSSR count). The maximum absolute atomic E-state index is 11.1. The highest BCUT2D eigenvalue weighted by Gasteiger charge is 1.95. The van der Waals surface area contributed by atoms with Gasteiger partial charge in [0.1, 0.15) is 0 Å². The summed E-state index contributed by atoms with van der Waals surface area (Å²) in [6, 6.07) is 13.2. The molecule has 1 aromatic carbocycles. The Bertz CT molecular complexity index is 459. The lowest BCUT2D eigenvalue weighted by Gasteiger charge is -2.00. The van der Waals surface area contributed by atoms with E-state index in [4.69, 9.17) is 0 Å². The zero-order valence-corrected chi connectivity index (χ0v) is 7.73. The van der Waals surface area contributed by atoms with Crippen molar-refractivity contribution in [3.8, 4) is 0 Å². The first-order chi connectivity index (χ1) is 6.84. The lowest BCUT2D eigenvalue weighted by atomic mass is 10.1. The van der Waals surface area contributed by atoms with Crippen LogP contribution >= 0.6 is 0 Å². The molecule has 2 nitrogen and oxygen atoms in total. The van der Waals surface area contributed by atoms with Crippen LogP contribution in [0.4, 0.5) is 0 Å². The molecule has 0 saturated heterocycles. The van der Waals surface area contributed by atoms with Crippen LogP contribution in [-0.2, 0) is 6.42 Å². The van der Waals surface area contributed by atoms with E-state index in [9.17, 15) is 4.79 Å². The Morgan fingerprint density at radius 1 is 1.07 bits per heavy atom. The Balaban J connectivity index is 2.24. The molecule has 2 aromatic rings. The summed E-state index contributed by atoms with van der Waals surface area (Å²) in [5.41, 5.74) is 2.20. The van der Waals surface area contributed by atoms with E-state index in [-0.39, 0.29) is 5.43 Å². The molecular formula is C12H11NO. The molecule has 70 valence electrons. The lowest BCUT2D eigenvalue weighted by Crippen LogP contribution is -2.01. The van der Waals surface area contributed by atoms with Gasteiger partial charge in [-0.15, -0.1) is 0 Å². The number of hydrogen-bond donors (Lipinski definition) is 1. The van der Waals surface area contributed by atoms with Gasteiger partial charge in [0, 0.05) is 30.4 Å². The Labute approximate surface area is 82.2 Å². The average Bonchev–Trinajstić information content (AvgIpc) is 2.19. The van der Waals surface area contributed by atoms with E-state index in [0.29, 0.717) is 0 Å². The topological polar surface area (TPSA) is 32.9 Å². The van der Waals surface area contributed by atoms with Gasteiger partial charge in [-0.2, -0.15) is 0 Å². The summed E-state index contributed by atoms with van der Waals surface area (Å²) in [5, 5.41) is 0. The molecule has 2 heteroatoms. The van der Waals surface area contributed by atoms with Gasteiger partial charge in [0.25, 0.3) is 0 Å². The average molecular weight is 185 g/mol. The molecule has 0 amide bonds. The molecule has 1 N–H and O–H groups in total. The molecule has 0 aliphatic rings. The molecule has 0 fully saturated rings. The van der Waals surface area contributed by atoms with Crippen molar-refractivity contribution < 1.29 is 0 Å². The van der Waals surface area contributed by atoms with E-state index in [1.807, 2.05) is 30.3 Å². The largest absolute Gasteiger partial charge is 0.364 e. The van der Waals surface area contributed by atoms with Crippen molar-refractivity contribution in [2.75, 3.05) is 0 Å². The molecule has 0 saturated carbocycles. The van der Waals surface area contributed by atoms with Crippen LogP contribution in [0.3, 0.4) is 0 Å². The quantitative estimate of drug-likeness (QED) is 0.762. The van der Waals surface area contributed by atoms with E-state index >= 15 is 0 Å². The third kappa shape index (κ3) is 2.10. The van der Waals surface area contributed by atoms with Crippen LogP contribution < -0.4 is 5.43 Å². The third-order valence-corrected chi connectivity index (χ3v) is 2.07. The SMILES string of the molecule is O=c1cc[nH]c(Cc2ccccc2)c1. The van der Waals surface area contributed by atoms with E-state index in [2.05, 4.69) is 4.98 Å². The minimum atomic E-state index is 0.0506. The normalized spacial score (nSPS) is 10.0. The minimum Gasteiger partial charge on any atom is -0.364 e. The first-order valence-corrected chi connectivity index (χ1v) is 4.56. The molecular weight excluding hydrogens is 174 g/mol. The van der Waals surface area contributed by atoms with Crippen LogP contribution in [0.25, 0.3) is 0 Å². The van der Waals surface area contributed by atoms with Gasteiger partial charge in [-0.05, 0) is 5.56 Å². The summed E-state index contributed by atoms with van der Waals surface area (Å²) in [4.78, 5) is 14.1. The molecule has 0 spiro atoms. The number of aromatic amines is 1. The summed E-state index contributed by atoms with van der Waals surface area (Å²) in [6.45, 7) is 0. The second-order valence-electron chi connectivity index (χ2n) is 3.21. The number of pyridine rings is 1. The zero-order valence-electron chi connectivity index (χ0n) is 7.73. The van der Waals surface area contributed by atoms with E-state index in [1.54, 1.807) is 12.3 Å². The van der Waals surface area contributed by atoms with Crippen molar-refractivity contribution in [2.45, 2.75) is 6.42 Å². The highest BCUT2D eigenvalue weighted by molar-refractivity contribution is 5.21. The predicted molar refractivity (Wildman–Crippen MR) is 56.3 cm³/mol. The molecule has 0 atom stereocenters. The van der Waals surface area contributed by atoms with Gasteiger partial charge in [0.15, 0.2) is 5.43 Å². The molecule has 1 heterocycles. The van der Waals surface area contributed by atoms with Crippen LogP contribution in [0.2, 0.25) is 0 Å². The summed E-state index contributed by atoms with van der Waals surface area (Å²) >= 11 is 0. The van der Waals surface area contributed by atoms with Crippen molar-refractivity contribution in [1.82, 2.24) is 4.98 Å². The second kappa shape index (κ2) is 3.92. The van der Waals surface area contributed by atoms with Gasteiger partial charge in [-0.3, -0.25) is 4.79 Å². The second-order valence-corrected chi connectivity index (χ2v) is 3.21. The van der Waals surface area contributed by atoms with Gasteiger partial charge < -0.3 is 4.98 Å². The Morgan fingerprint density at radius 3 is 2.57 bits per heavy atom. The first-order valence-electron chi connectivity index (χ1n) is 4.56. The lowest BCUT2D eigenvalue weighted by molar-refractivity contribution is 1.07. The van der Waals surface area contributed by atoms with Crippen molar-refractivity contribution in [2.24, 2.45) is 0 Å². The molecule has 14 heavy (non-hydrogen) atoms. The highest BCUT2D eigenvalue weighted by atomic mass is 16.1. The van der Waals surface area contributed by atoms with Gasteiger partial charge >= 0.3 is 0 Å². The molecule has 0 unspecified atom stereocenters. The number of benzene rings is 1. The Kier molecular flexibility index (Phi) is 2.45. The van der Waals surface area contributed by atoms with Gasteiger partial charge in [-0.1, -0.05) is 30.3 Å². The number of rotatable bonds is 2. The third-order valence-electron chi connectivity index (χ3n) is 2.07. The summed E-state index contributed by atoms with van der Waals surface area (Å²) in [5.74, 6) is 0. The predicted octanol–water partition coefficient (Wildman–Crippen LogP) is 1.97.